The lowest BCUT2D eigenvalue weighted by molar-refractivity contribution is 0.426. The van der Waals surface area contributed by atoms with Crippen molar-refractivity contribution in [2.24, 2.45) is 0 Å². The van der Waals surface area contributed by atoms with E-state index < -0.39 is 7.12 Å². The Hall–Kier alpha value is -5.42. The van der Waals surface area contributed by atoms with Crippen LogP contribution in [0, 0.1) is 0 Å². The zero-order valence-electron chi connectivity index (χ0n) is 24.1. The monoisotopic (exact) mass is 567 g/mol. The van der Waals surface area contributed by atoms with Gasteiger partial charge in [0, 0.05) is 16.9 Å². The summed E-state index contributed by atoms with van der Waals surface area (Å²) in [6.45, 7) is 0. The Morgan fingerprint density at radius 3 is 1.64 bits per heavy atom. The van der Waals surface area contributed by atoms with Gasteiger partial charge in [-0.1, -0.05) is 133 Å². The van der Waals surface area contributed by atoms with E-state index in [9.17, 15) is 10.0 Å². The standard InChI is InChI=1S/C40H30BNO2/c43-41(44)34-21-25-36(26-22-34)42(35-23-18-30(19-24-35)29-10-3-1-4-11-29)40-27-20-33(28-39(40)32-12-5-2-6-13-32)38-17-9-15-31-14-7-8-16-37(31)38/h1-28,43-44H. The van der Waals surface area contributed by atoms with Gasteiger partial charge in [0.1, 0.15) is 0 Å². The van der Waals surface area contributed by atoms with Gasteiger partial charge in [0.25, 0.3) is 0 Å². The summed E-state index contributed by atoms with van der Waals surface area (Å²) in [5, 5.41) is 22.0. The summed E-state index contributed by atoms with van der Waals surface area (Å²) in [7, 11) is -1.53. The Balaban J connectivity index is 1.42. The van der Waals surface area contributed by atoms with Gasteiger partial charge in [-0.3, -0.25) is 0 Å². The van der Waals surface area contributed by atoms with Gasteiger partial charge in [0.15, 0.2) is 0 Å². The second kappa shape index (κ2) is 12.1. The van der Waals surface area contributed by atoms with Crippen molar-refractivity contribution < 1.29 is 10.0 Å². The van der Waals surface area contributed by atoms with Crippen LogP contribution in [0.2, 0.25) is 0 Å². The SMILES string of the molecule is OB(O)c1ccc(N(c2ccc(-c3ccccc3)cc2)c2ccc(-c3cccc4ccccc34)cc2-c2ccccc2)cc1. The van der Waals surface area contributed by atoms with Crippen molar-refractivity contribution in [1.82, 2.24) is 0 Å². The molecule has 0 atom stereocenters. The first-order valence-electron chi connectivity index (χ1n) is 14.7. The lowest BCUT2D eigenvalue weighted by atomic mass is 9.80. The first-order valence-corrected chi connectivity index (χ1v) is 14.7. The minimum atomic E-state index is -1.53. The molecule has 0 aliphatic heterocycles. The Morgan fingerprint density at radius 2 is 0.955 bits per heavy atom. The van der Waals surface area contributed by atoms with Crippen LogP contribution in [0.25, 0.3) is 44.2 Å². The normalized spacial score (nSPS) is 11.0. The number of benzene rings is 7. The number of hydrogen-bond donors (Lipinski definition) is 2. The van der Waals surface area contributed by atoms with Crippen LogP contribution in [0.1, 0.15) is 0 Å². The number of anilines is 3. The van der Waals surface area contributed by atoms with E-state index in [1.165, 1.54) is 16.3 Å². The molecule has 0 fully saturated rings. The van der Waals surface area contributed by atoms with Crippen LogP contribution in [-0.2, 0) is 0 Å². The molecule has 7 rings (SSSR count). The highest BCUT2D eigenvalue weighted by atomic mass is 16.4. The van der Waals surface area contributed by atoms with E-state index in [2.05, 4.69) is 138 Å². The zero-order valence-corrected chi connectivity index (χ0v) is 24.1. The highest BCUT2D eigenvalue weighted by Gasteiger charge is 2.20. The topological polar surface area (TPSA) is 43.7 Å². The third-order valence-corrected chi connectivity index (χ3v) is 8.10. The van der Waals surface area contributed by atoms with Gasteiger partial charge in [-0.25, -0.2) is 0 Å². The van der Waals surface area contributed by atoms with Crippen molar-refractivity contribution in [3.8, 4) is 33.4 Å². The molecule has 44 heavy (non-hydrogen) atoms. The average Bonchev–Trinajstić information content (AvgIpc) is 3.09. The van der Waals surface area contributed by atoms with Crippen LogP contribution in [0.4, 0.5) is 17.1 Å². The van der Waals surface area contributed by atoms with Crippen LogP contribution in [-0.4, -0.2) is 17.2 Å². The minimum Gasteiger partial charge on any atom is -0.423 e. The fourth-order valence-electron chi connectivity index (χ4n) is 5.88. The third-order valence-electron chi connectivity index (χ3n) is 8.10. The van der Waals surface area contributed by atoms with E-state index >= 15 is 0 Å². The molecule has 7 aromatic rings. The Labute approximate surface area is 258 Å². The van der Waals surface area contributed by atoms with Gasteiger partial charge in [0.2, 0.25) is 0 Å². The van der Waals surface area contributed by atoms with Crippen molar-refractivity contribution in [3.05, 3.63) is 170 Å². The molecule has 4 heteroatoms. The van der Waals surface area contributed by atoms with E-state index in [0.717, 1.165) is 44.9 Å². The molecule has 0 aliphatic carbocycles. The first kappa shape index (κ1) is 27.4. The largest absolute Gasteiger partial charge is 0.488 e. The molecule has 0 bridgehead atoms. The Kier molecular flexibility index (Phi) is 7.52. The number of hydrogen-bond acceptors (Lipinski definition) is 3. The second-order valence-corrected chi connectivity index (χ2v) is 10.8. The van der Waals surface area contributed by atoms with Gasteiger partial charge < -0.3 is 14.9 Å². The van der Waals surface area contributed by atoms with E-state index in [0.29, 0.717) is 5.46 Å². The molecule has 0 heterocycles. The number of fused-ring (bicyclic) bond motifs is 1. The van der Waals surface area contributed by atoms with E-state index in [1.54, 1.807) is 12.1 Å². The molecular weight excluding hydrogens is 537 g/mol. The summed E-state index contributed by atoms with van der Waals surface area (Å²) >= 11 is 0. The molecule has 2 N–H and O–H groups in total. The molecule has 0 aliphatic rings. The third kappa shape index (κ3) is 5.40. The Bertz CT molecular complexity index is 2020. The molecule has 0 saturated heterocycles. The van der Waals surface area contributed by atoms with Gasteiger partial charge in [-0.2, -0.15) is 0 Å². The van der Waals surface area contributed by atoms with Crippen molar-refractivity contribution in [2.75, 3.05) is 4.90 Å². The molecule has 0 spiro atoms. The van der Waals surface area contributed by atoms with Crippen molar-refractivity contribution in [1.29, 1.82) is 0 Å². The maximum atomic E-state index is 9.77. The maximum absolute atomic E-state index is 9.77. The van der Waals surface area contributed by atoms with Gasteiger partial charge in [-0.05, 0) is 80.5 Å². The van der Waals surface area contributed by atoms with Crippen LogP contribution in [0.5, 0.6) is 0 Å². The summed E-state index contributed by atoms with van der Waals surface area (Å²) < 4.78 is 0. The fraction of sp³-hybridized carbons (Fsp3) is 0. The highest BCUT2D eigenvalue weighted by molar-refractivity contribution is 6.58. The molecule has 0 unspecified atom stereocenters. The molecule has 3 nitrogen and oxygen atoms in total. The second-order valence-electron chi connectivity index (χ2n) is 10.8. The van der Waals surface area contributed by atoms with Crippen molar-refractivity contribution in [2.45, 2.75) is 0 Å². The summed E-state index contributed by atoms with van der Waals surface area (Å²) in [4.78, 5) is 2.23. The molecule has 0 radical (unpaired) electrons. The van der Waals surface area contributed by atoms with E-state index in [4.69, 9.17) is 0 Å². The molecule has 0 aromatic heterocycles. The van der Waals surface area contributed by atoms with Gasteiger partial charge in [0.05, 0.1) is 5.69 Å². The lowest BCUT2D eigenvalue weighted by Gasteiger charge is -2.29. The average molecular weight is 567 g/mol. The summed E-state index contributed by atoms with van der Waals surface area (Å²) in [6.07, 6.45) is 0. The summed E-state index contributed by atoms with van der Waals surface area (Å²) in [5.41, 5.74) is 10.2. The van der Waals surface area contributed by atoms with Crippen LogP contribution < -0.4 is 10.4 Å². The molecule has 0 saturated carbocycles. The first-order chi connectivity index (χ1) is 21.7. The van der Waals surface area contributed by atoms with Crippen LogP contribution in [0.3, 0.4) is 0 Å². The van der Waals surface area contributed by atoms with Crippen LogP contribution in [0.15, 0.2) is 170 Å². The minimum absolute atomic E-state index is 0.447. The maximum Gasteiger partial charge on any atom is 0.488 e. The molecule has 210 valence electrons. The highest BCUT2D eigenvalue weighted by Crippen LogP contribution is 2.43. The van der Waals surface area contributed by atoms with Gasteiger partial charge in [-0.15, -0.1) is 0 Å². The van der Waals surface area contributed by atoms with E-state index in [1.807, 2.05) is 24.3 Å². The van der Waals surface area contributed by atoms with Crippen molar-refractivity contribution >= 4 is 40.4 Å². The van der Waals surface area contributed by atoms with Crippen LogP contribution >= 0.6 is 0 Å². The predicted octanol–water partition coefficient (Wildman–Crippen LogP) is 8.99. The fourth-order valence-corrected chi connectivity index (χ4v) is 5.88. The molecule has 7 aromatic carbocycles. The van der Waals surface area contributed by atoms with Crippen molar-refractivity contribution in [3.63, 3.8) is 0 Å². The zero-order chi connectivity index (χ0) is 29.9. The Morgan fingerprint density at radius 1 is 0.409 bits per heavy atom. The quantitative estimate of drug-likeness (QED) is 0.189. The number of nitrogens with zero attached hydrogens (tertiary/aromatic N) is 1. The number of rotatable bonds is 7. The predicted molar refractivity (Wildman–Crippen MR) is 185 cm³/mol. The summed E-state index contributed by atoms with van der Waals surface area (Å²) in [6, 6.07) is 58.4. The summed E-state index contributed by atoms with van der Waals surface area (Å²) in [5.74, 6) is 0. The van der Waals surface area contributed by atoms with Gasteiger partial charge >= 0.3 is 7.12 Å². The smallest absolute Gasteiger partial charge is 0.423 e. The molecular formula is C40H30BNO2. The van der Waals surface area contributed by atoms with E-state index in [-0.39, 0.29) is 0 Å². The molecule has 0 amide bonds. The lowest BCUT2D eigenvalue weighted by Crippen LogP contribution is -2.29.